The number of amides is 1. The third kappa shape index (κ3) is 6.67. The summed E-state index contributed by atoms with van der Waals surface area (Å²) in [4.78, 5) is 24.3. The van der Waals surface area contributed by atoms with Crippen LogP contribution >= 0.6 is 35.3 Å². The van der Waals surface area contributed by atoms with Gasteiger partial charge < -0.3 is 15.5 Å². The van der Waals surface area contributed by atoms with Gasteiger partial charge in [-0.3, -0.25) is 4.79 Å². The number of hydrogen-bond donors (Lipinski definition) is 2. The molecule has 1 saturated heterocycles. The first-order chi connectivity index (χ1) is 13.6. The first-order valence-corrected chi connectivity index (χ1v) is 10.7. The number of anilines is 1. The Morgan fingerprint density at radius 1 is 1.24 bits per heavy atom. The molecule has 158 valence electrons. The number of nitrogens with zero attached hydrogens (tertiary/aromatic N) is 3. The molecule has 0 spiro atoms. The largest absolute Gasteiger partial charge is 0.357 e. The summed E-state index contributed by atoms with van der Waals surface area (Å²) in [5.74, 6) is 1.03. The molecule has 29 heavy (non-hydrogen) atoms. The topological polar surface area (TPSA) is 69.6 Å². The minimum atomic E-state index is 0. The molecule has 0 saturated carbocycles. The summed E-state index contributed by atoms with van der Waals surface area (Å²) in [6.45, 7) is 9.26. The molecular formula is C21H30IN5OS. The molecule has 0 aliphatic carbocycles. The van der Waals surface area contributed by atoms with Gasteiger partial charge in [0.15, 0.2) is 5.96 Å². The average molecular weight is 527 g/mol. The number of carbonyl (C=O) groups is 1. The summed E-state index contributed by atoms with van der Waals surface area (Å²) in [5, 5.41) is 7.83. The fourth-order valence-electron chi connectivity index (χ4n) is 3.15. The summed E-state index contributed by atoms with van der Waals surface area (Å²) in [5.41, 5.74) is 3.23. The van der Waals surface area contributed by atoms with E-state index in [-0.39, 0.29) is 29.9 Å². The standard InChI is InChI=1S/C21H29N5OS.HI/c1-4-22-21(23-12-11-19-25-15(2)16(3)28-19)24-14-17-7-9-18(10-8-17)26-13-5-6-20(26)27;/h7-10H,4-6,11-14H2,1-3H3,(H2,22,23,24);1H. The first-order valence-electron chi connectivity index (χ1n) is 9.91. The molecule has 0 radical (unpaired) electrons. The number of rotatable bonds is 7. The van der Waals surface area contributed by atoms with Crippen LogP contribution in [0.1, 0.15) is 40.9 Å². The number of hydrogen-bond acceptors (Lipinski definition) is 4. The van der Waals surface area contributed by atoms with Crippen molar-refractivity contribution >= 4 is 52.9 Å². The summed E-state index contributed by atoms with van der Waals surface area (Å²) in [7, 11) is 0. The van der Waals surface area contributed by atoms with Crippen molar-refractivity contribution in [1.29, 1.82) is 0 Å². The molecule has 1 fully saturated rings. The van der Waals surface area contributed by atoms with Crippen molar-refractivity contribution in [3.05, 3.63) is 45.4 Å². The van der Waals surface area contributed by atoms with Crippen LogP contribution in [-0.2, 0) is 17.8 Å². The van der Waals surface area contributed by atoms with E-state index in [1.54, 1.807) is 11.3 Å². The maximum Gasteiger partial charge on any atom is 0.227 e. The van der Waals surface area contributed by atoms with E-state index in [0.717, 1.165) is 60.4 Å². The zero-order valence-corrected chi connectivity index (χ0v) is 20.5. The van der Waals surface area contributed by atoms with Gasteiger partial charge in [0.1, 0.15) is 0 Å². The molecule has 8 heteroatoms. The van der Waals surface area contributed by atoms with Crippen molar-refractivity contribution in [2.75, 3.05) is 24.5 Å². The summed E-state index contributed by atoms with van der Waals surface area (Å²) >= 11 is 1.76. The molecule has 1 aromatic carbocycles. The van der Waals surface area contributed by atoms with E-state index >= 15 is 0 Å². The Bertz CT molecular complexity index is 815. The molecular weight excluding hydrogens is 497 g/mol. The van der Waals surface area contributed by atoms with Gasteiger partial charge in [-0.25, -0.2) is 9.98 Å². The summed E-state index contributed by atoms with van der Waals surface area (Å²) in [6.07, 6.45) is 2.49. The number of nitrogens with one attached hydrogen (secondary N) is 2. The van der Waals surface area contributed by atoms with E-state index in [1.165, 1.54) is 4.88 Å². The fraction of sp³-hybridized carbons (Fsp3) is 0.476. The number of carbonyl (C=O) groups excluding carboxylic acids is 1. The minimum Gasteiger partial charge on any atom is -0.357 e. The van der Waals surface area contributed by atoms with Crippen LogP contribution in [0, 0.1) is 13.8 Å². The van der Waals surface area contributed by atoms with Crippen LogP contribution in [0.3, 0.4) is 0 Å². The number of halogens is 1. The van der Waals surface area contributed by atoms with Crippen LogP contribution in [0.5, 0.6) is 0 Å². The van der Waals surface area contributed by atoms with Crippen molar-refractivity contribution in [2.45, 2.75) is 46.6 Å². The van der Waals surface area contributed by atoms with Crippen molar-refractivity contribution in [3.63, 3.8) is 0 Å². The second-order valence-electron chi connectivity index (χ2n) is 6.94. The molecule has 2 heterocycles. The maximum absolute atomic E-state index is 11.9. The Labute approximate surface area is 194 Å². The van der Waals surface area contributed by atoms with Crippen molar-refractivity contribution in [1.82, 2.24) is 15.6 Å². The van der Waals surface area contributed by atoms with Crippen LogP contribution in [0.4, 0.5) is 5.69 Å². The van der Waals surface area contributed by atoms with Crippen LogP contribution in [0.25, 0.3) is 0 Å². The second kappa shape index (κ2) is 11.5. The van der Waals surface area contributed by atoms with Gasteiger partial charge in [-0.2, -0.15) is 0 Å². The number of thiazole rings is 1. The quantitative estimate of drug-likeness (QED) is 0.327. The zero-order valence-electron chi connectivity index (χ0n) is 17.3. The van der Waals surface area contributed by atoms with Crippen molar-refractivity contribution in [3.8, 4) is 0 Å². The Hall–Kier alpha value is -1.68. The number of aromatic nitrogens is 1. The highest BCUT2D eigenvalue weighted by Crippen LogP contribution is 2.21. The van der Waals surface area contributed by atoms with Gasteiger partial charge in [-0.1, -0.05) is 12.1 Å². The fourth-order valence-corrected chi connectivity index (χ4v) is 4.08. The number of benzene rings is 1. The van der Waals surface area contributed by atoms with E-state index in [0.29, 0.717) is 13.0 Å². The Kier molecular flexibility index (Phi) is 9.35. The van der Waals surface area contributed by atoms with Crippen LogP contribution in [0.2, 0.25) is 0 Å². The van der Waals surface area contributed by atoms with Gasteiger partial charge in [-0.15, -0.1) is 35.3 Å². The molecule has 2 aromatic rings. The number of guanidine groups is 1. The van der Waals surface area contributed by atoms with E-state index < -0.39 is 0 Å². The first kappa shape index (κ1) is 23.6. The second-order valence-corrected chi connectivity index (χ2v) is 8.22. The maximum atomic E-state index is 11.9. The van der Waals surface area contributed by atoms with E-state index in [2.05, 4.69) is 53.5 Å². The van der Waals surface area contributed by atoms with Crippen LogP contribution < -0.4 is 15.5 Å². The molecule has 0 atom stereocenters. The number of aliphatic imine (C=N–C) groups is 1. The highest BCUT2D eigenvalue weighted by atomic mass is 127. The SMILES string of the molecule is CCNC(=NCc1ccc(N2CCCC2=O)cc1)NCCc1nc(C)c(C)s1.I. The predicted molar refractivity (Wildman–Crippen MR) is 132 cm³/mol. The van der Waals surface area contributed by atoms with Crippen molar-refractivity contribution < 1.29 is 4.79 Å². The van der Waals surface area contributed by atoms with E-state index in [9.17, 15) is 4.79 Å². The Balaban J connectivity index is 0.00000300. The van der Waals surface area contributed by atoms with E-state index in [4.69, 9.17) is 0 Å². The third-order valence-electron chi connectivity index (χ3n) is 4.79. The lowest BCUT2D eigenvalue weighted by Gasteiger charge is -2.15. The predicted octanol–water partition coefficient (Wildman–Crippen LogP) is 3.80. The van der Waals surface area contributed by atoms with Crippen LogP contribution in [-0.4, -0.2) is 36.5 Å². The summed E-state index contributed by atoms with van der Waals surface area (Å²) < 4.78 is 0. The van der Waals surface area contributed by atoms with Gasteiger partial charge in [-0.05, 0) is 44.9 Å². The molecule has 3 rings (SSSR count). The highest BCUT2D eigenvalue weighted by molar-refractivity contribution is 14.0. The molecule has 1 amide bonds. The molecule has 1 aliphatic rings. The lowest BCUT2D eigenvalue weighted by molar-refractivity contribution is -0.117. The van der Waals surface area contributed by atoms with E-state index in [1.807, 2.05) is 17.0 Å². The van der Waals surface area contributed by atoms with Gasteiger partial charge in [0.2, 0.25) is 5.91 Å². The van der Waals surface area contributed by atoms with Gasteiger partial charge >= 0.3 is 0 Å². The summed E-state index contributed by atoms with van der Waals surface area (Å²) in [6, 6.07) is 8.13. The van der Waals surface area contributed by atoms with Gasteiger partial charge in [0.05, 0.1) is 17.2 Å². The lowest BCUT2D eigenvalue weighted by Crippen LogP contribution is -2.38. The molecule has 2 N–H and O–H groups in total. The molecule has 1 aliphatic heterocycles. The number of aryl methyl sites for hydroxylation is 2. The molecule has 0 bridgehead atoms. The minimum absolute atomic E-state index is 0. The lowest BCUT2D eigenvalue weighted by atomic mass is 10.2. The third-order valence-corrected chi connectivity index (χ3v) is 5.92. The van der Waals surface area contributed by atoms with Gasteiger partial charge in [0, 0.05) is 43.0 Å². The molecule has 6 nitrogen and oxygen atoms in total. The van der Waals surface area contributed by atoms with Gasteiger partial charge in [0.25, 0.3) is 0 Å². The average Bonchev–Trinajstić information content (AvgIpc) is 3.25. The Morgan fingerprint density at radius 3 is 2.59 bits per heavy atom. The smallest absolute Gasteiger partial charge is 0.227 e. The monoisotopic (exact) mass is 527 g/mol. The van der Waals surface area contributed by atoms with Crippen LogP contribution in [0.15, 0.2) is 29.3 Å². The normalized spacial score (nSPS) is 14.1. The van der Waals surface area contributed by atoms with Crippen molar-refractivity contribution in [2.24, 2.45) is 4.99 Å². The zero-order chi connectivity index (χ0) is 19.9. The highest BCUT2D eigenvalue weighted by Gasteiger charge is 2.21. The molecule has 0 unspecified atom stereocenters. The Morgan fingerprint density at radius 2 is 2.00 bits per heavy atom. The molecule has 1 aromatic heterocycles.